The van der Waals surface area contributed by atoms with Crippen molar-refractivity contribution in [2.24, 2.45) is 0 Å². The Labute approximate surface area is 114 Å². The van der Waals surface area contributed by atoms with Crippen molar-refractivity contribution < 1.29 is 9.53 Å². The first-order valence-corrected chi connectivity index (χ1v) is 6.69. The van der Waals surface area contributed by atoms with Crippen LogP contribution in [-0.2, 0) is 0 Å². The Balaban J connectivity index is 2.39. The molecule has 104 valence electrons. The maximum Gasteiger partial charge on any atom is 0.243 e. The zero-order chi connectivity index (χ0) is 13.9. The molecule has 0 aromatic carbocycles. The van der Waals surface area contributed by atoms with Gasteiger partial charge in [-0.05, 0) is 26.9 Å². The molecule has 5 nitrogen and oxygen atoms in total. The van der Waals surface area contributed by atoms with E-state index in [4.69, 9.17) is 4.74 Å². The number of aromatic nitrogens is 2. The molecule has 1 fully saturated rings. The van der Waals surface area contributed by atoms with Crippen molar-refractivity contribution in [3.8, 4) is 5.88 Å². The van der Waals surface area contributed by atoms with Crippen molar-refractivity contribution in [1.82, 2.24) is 14.9 Å². The molecule has 5 heteroatoms. The summed E-state index contributed by atoms with van der Waals surface area (Å²) in [6.45, 7) is 0. The van der Waals surface area contributed by atoms with Gasteiger partial charge in [-0.3, -0.25) is 9.69 Å². The van der Waals surface area contributed by atoms with Crippen molar-refractivity contribution >= 4 is 5.78 Å². The van der Waals surface area contributed by atoms with Gasteiger partial charge in [-0.1, -0.05) is 19.3 Å². The lowest BCUT2D eigenvalue weighted by atomic mass is 9.76. The normalized spacial score (nSPS) is 18.3. The first-order chi connectivity index (χ1) is 9.12. The van der Waals surface area contributed by atoms with E-state index >= 15 is 0 Å². The maximum atomic E-state index is 12.9. The maximum absolute atomic E-state index is 12.9. The number of hydrogen-bond donors (Lipinski definition) is 0. The number of ether oxygens (including phenoxy) is 1. The van der Waals surface area contributed by atoms with Gasteiger partial charge in [0.2, 0.25) is 11.7 Å². The first-order valence-electron chi connectivity index (χ1n) is 6.69. The van der Waals surface area contributed by atoms with E-state index in [1.165, 1.54) is 13.5 Å². The molecule has 1 aromatic rings. The number of rotatable bonds is 4. The molecule has 1 heterocycles. The molecule has 1 aliphatic carbocycles. The Morgan fingerprint density at radius 3 is 2.42 bits per heavy atom. The lowest BCUT2D eigenvalue weighted by Gasteiger charge is -2.41. The van der Waals surface area contributed by atoms with E-state index in [9.17, 15) is 4.79 Å². The van der Waals surface area contributed by atoms with E-state index < -0.39 is 5.54 Å². The van der Waals surface area contributed by atoms with Gasteiger partial charge >= 0.3 is 0 Å². The summed E-state index contributed by atoms with van der Waals surface area (Å²) in [4.78, 5) is 23.2. The Bertz CT molecular complexity index is 454. The standard InChI is InChI=1S/C14H21N3O2/c1-17(2)14(7-5-4-6-8-14)12(18)11-13(19-3)16-10-9-15-11/h9-10H,4-8H2,1-3H3. The average Bonchev–Trinajstić information content (AvgIpc) is 2.47. The Kier molecular flexibility index (Phi) is 4.14. The second-order valence-corrected chi connectivity index (χ2v) is 5.23. The molecule has 1 aromatic heterocycles. The molecule has 19 heavy (non-hydrogen) atoms. The molecular weight excluding hydrogens is 242 g/mol. The molecule has 0 radical (unpaired) electrons. The highest BCUT2D eigenvalue weighted by atomic mass is 16.5. The van der Waals surface area contributed by atoms with Crippen LogP contribution in [0.2, 0.25) is 0 Å². The smallest absolute Gasteiger partial charge is 0.243 e. The SMILES string of the molecule is COc1nccnc1C(=O)C1(N(C)C)CCCCC1. The average molecular weight is 263 g/mol. The van der Waals surface area contributed by atoms with Crippen LogP contribution in [-0.4, -0.2) is 47.4 Å². The Hall–Kier alpha value is -1.49. The molecule has 1 aliphatic rings. The van der Waals surface area contributed by atoms with Crippen LogP contribution in [0.1, 0.15) is 42.6 Å². The van der Waals surface area contributed by atoms with Crippen molar-refractivity contribution in [3.63, 3.8) is 0 Å². The number of methoxy groups -OCH3 is 1. The summed E-state index contributed by atoms with van der Waals surface area (Å²) in [5, 5.41) is 0. The van der Waals surface area contributed by atoms with Crippen molar-refractivity contribution in [1.29, 1.82) is 0 Å². The van der Waals surface area contributed by atoms with Crippen molar-refractivity contribution in [2.45, 2.75) is 37.6 Å². The fourth-order valence-electron chi connectivity index (χ4n) is 2.86. The second-order valence-electron chi connectivity index (χ2n) is 5.23. The van der Waals surface area contributed by atoms with Crippen LogP contribution < -0.4 is 4.74 Å². The second kappa shape index (κ2) is 5.65. The van der Waals surface area contributed by atoms with Crippen LogP contribution in [0.4, 0.5) is 0 Å². The summed E-state index contributed by atoms with van der Waals surface area (Å²) in [6, 6.07) is 0. The van der Waals surface area contributed by atoms with E-state index in [1.807, 2.05) is 19.0 Å². The number of carbonyl (C=O) groups is 1. The molecule has 0 N–H and O–H groups in total. The lowest BCUT2D eigenvalue weighted by molar-refractivity contribution is 0.0554. The van der Waals surface area contributed by atoms with Gasteiger partial charge < -0.3 is 4.74 Å². The summed E-state index contributed by atoms with van der Waals surface area (Å²) >= 11 is 0. The van der Waals surface area contributed by atoms with Gasteiger partial charge in [-0.2, -0.15) is 0 Å². The van der Waals surface area contributed by atoms with Crippen molar-refractivity contribution in [2.75, 3.05) is 21.2 Å². The van der Waals surface area contributed by atoms with Gasteiger partial charge in [0.15, 0.2) is 5.69 Å². The Morgan fingerprint density at radius 1 is 1.21 bits per heavy atom. The predicted octanol–water partition coefficient (Wildman–Crippen LogP) is 1.93. The minimum atomic E-state index is -0.457. The highest BCUT2D eigenvalue weighted by molar-refractivity contribution is 6.03. The zero-order valence-electron chi connectivity index (χ0n) is 11.8. The van der Waals surface area contributed by atoms with Gasteiger partial charge in [-0.25, -0.2) is 9.97 Å². The number of likely N-dealkylation sites (N-methyl/N-ethyl adjacent to an activating group) is 1. The number of carbonyl (C=O) groups excluding carboxylic acids is 1. The minimum absolute atomic E-state index is 0.0298. The van der Waals surface area contributed by atoms with Crippen LogP contribution in [0, 0.1) is 0 Å². The third-order valence-electron chi connectivity index (χ3n) is 4.03. The molecule has 0 aliphatic heterocycles. The monoisotopic (exact) mass is 263 g/mol. The van der Waals surface area contributed by atoms with Gasteiger partial charge in [0.1, 0.15) is 0 Å². The molecule has 0 saturated heterocycles. The predicted molar refractivity (Wildman–Crippen MR) is 72.4 cm³/mol. The summed E-state index contributed by atoms with van der Waals surface area (Å²) in [5.74, 6) is 0.349. The molecule has 0 bridgehead atoms. The fraction of sp³-hybridized carbons (Fsp3) is 0.643. The van der Waals surface area contributed by atoms with E-state index in [0.717, 1.165) is 25.7 Å². The van der Waals surface area contributed by atoms with Gasteiger partial charge in [0.05, 0.1) is 12.6 Å². The third-order valence-corrected chi connectivity index (χ3v) is 4.03. The highest BCUT2D eigenvalue weighted by Gasteiger charge is 2.43. The van der Waals surface area contributed by atoms with Crippen LogP contribution >= 0.6 is 0 Å². The van der Waals surface area contributed by atoms with Crippen LogP contribution in [0.3, 0.4) is 0 Å². The number of ketones is 1. The Morgan fingerprint density at radius 2 is 1.84 bits per heavy atom. The third kappa shape index (κ3) is 2.47. The number of hydrogen-bond acceptors (Lipinski definition) is 5. The summed E-state index contributed by atoms with van der Waals surface area (Å²) in [5.41, 5.74) is -0.109. The van der Waals surface area contributed by atoms with Gasteiger partial charge in [-0.15, -0.1) is 0 Å². The molecule has 1 saturated carbocycles. The molecule has 0 amide bonds. The quantitative estimate of drug-likeness (QED) is 0.777. The topological polar surface area (TPSA) is 55.3 Å². The van der Waals surface area contributed by atoms with Gasteiger partial charge in [0, 0.05) is 12.4 Å². The first kappa shape index (κ1) is 13.9. The largest absolute Gasteiger partial charge is 0.479 e. The number of nitrogens with zero attached hydrogens (tertiary/aromatic N) is 3. The van der Waals surface area contributed by atoms with E-state index in [0.29, 0.717) is 11.6 Å². The van der Waals surface area contributed by atoms with Crippen LogP contribution in [0.15, 0.2) is 12.4 Å². The molecule has 2 rings (SSSR count). The molecule has 0 atom stereocenters. The minimum Gasteiger partial charge on any atom is -0.479 e. The van der Waals surface area contributed by atoms with Crippen LogP contribution in [0.25, 0.3) is 0 Å². The van der Waals surface area contributed by atoms with E-state index in [1.54, 1.807) is 12.4 Å². The summed E-state index contributed by atoms with van der Waals surface area (Å²) in [7, 11) is 5.45. The highest BCUT2D eigenvalue weighted by Crippen LogP contribution is 2.36. The van der Waals surface area contributed by atoms with Crippen molar-refractivity contribution in [3.05, 3.63) is 18.1 Å². The fourth-order valence-corrected chi connectivity index (χ4v) is 2.86. The van der Waals surface area contributed by atoms with E-state index in [2.05, 4.69) is 9.97 Å². The number of Topliss-reactive ketones (excluding diaryl/α,β-unsaturated/α-hetero) is 1. The van der Waals surface area contributed by atoms with E-state index in [-0.39, 0.29) is 5.78 Å². The lowest BCUT2D eigenvalue weighted by Crippen LogP contribution is -2.52. The molecule has 0 unspecified atom stereocenters. The van der Waals surface area contributed by atoms with Gasteiger partial charge in [0.25, 0.3) is 0 Å². The summed E-state index contributed by atoms with van der Waals surface area (Å²) < 4.78 is 5.17. The zero-order valence-corrected chi connectivity index (χ0v) is 11.8. The molecular formula is C14H21N3O2. The van der Waals surface area contributed by atoms with Crippen LogP contribution in [0.5, 0.6) is 5.88 Å². The molecule has 0 spiro atoms. The summed E-state index contributed by atoms with van der Waals surface area (Å²) in [6.07, 6.45) is 8.18.